The normalized spacial score (nSPS) is 12.1. The zero-order valence-electron chi connectivity index (χ0n) is 19.9. The maximum absolute atomic E-state index is 13.1. The van der Waals surface area contributed by atoms with Crippen LogP contribution in [0.15, 0.2) is 24.3 Å². The van der Waals surface area contributed by atoms with Gasteiger partial charge < -0.3 is 20.3 Å². The first-order chi connectivity index (χ1) is 14.6. The first-order valence-electron chi connectivity index (χ1n) is 11.3. The molecule has 1 atom stereocenters. The van der Waals surface area contributed by atoms with Gasteiger partial charge >= 0.3 is 6.09 Å². The minimum atomic E-state index is -0.754. The topological polar surface area (TPSA) is 87.7 Å². The van der Waals surface area contributed by atoms with Crippen LogP contribution in [0, 0.1) is 0 Å². The van der Waals surface area contributed by atoms with Gasteiger partial charge in [0.1, 0.15) is 18.2 Å². The van der Waals surface area contributed by atoms with Gasteiger partial charge in [-0.05, 0) is 51.2 Å². The third-order valence-corrected chi connectivity index (χ3v) is 4.66. The summed E-state index contributed by atoms with van der Waals surface area (Å²) in [5.41, 5.74) is 1.26. The molecule has 0 spiro atoms. The lowest BCUT2D eigenvalue weighted by atomic mass is 10.0. The molecule has 2 N–H and O–H groups in total. The van der Waals surface area contributed by atoms with Crippen molar-refractivity contribution in [2.45, 2.75) is 78.9 Å². The average Bonchev–Trinajstić information content (AvgIpc) is 2.71. The molecule has 0 saturated heterocycles. The van der Waals surface area contributed by atoms with Gasteiger partial charge in [-0.1, -0.05) is 51.5 Å². The van der Waals surface area contributed by atoms with Crippen LogP contribution >= 0.6 is 0 Å². The number of hydrogen-bond acceptors (Lipinski definition) is 4. The predicted octanol–water partition coefficient (Wildman–Crippen LogP) is 3.97. The number of amides is 3. The summed E-state index contributed by atoms with van der Waals surface area (Å²) >= 11 is 0. The number of benzene rings is 1. The van der Waals surface area contributed by atoms with Crippen LogP contribution in [0.1, 0.15) is 78.0 Å². The fourth-order valence-electron chi connectivity index (χ4n) is 3.10. The molecule has 0 bridgehead atoms. The van der Waals surface area contributed by atoms with Crippen molar-refractivity contribution in [3.63, 3.8) is 0 Å². The van der Waals surface area contributed by atoms with Crippen LogP contribution < -0.4 is 10.6 Å². The Morgan fingerprint density at radius 2 is 1.65 bits per heavy atom. The lowest BCUT2D eigenvalue weighted by Crippen LogP contribution is -2.48. The van der Waals surface area contributed by atoms with Crippen LogP contribution in [0.2, 0.25) is 0 Å². The van der Waals surface area contributed by atoms with Crippen LogP contribution in [0.4, 0.5) is 4.79 Å². The second-order valence-corrected chi connectivity index (χ2v) is 8.58. The number of carbonyl (C=O) groups excluding carboxylic acids is 3. The van der Waals surface area contributed by atoms with E-state index in [-0.39, 0.29) is 18.4 Å². The van der Waals surface area contributed by atoms with Crippen LogP contribution in [0.25, 0.3) is 0 Å². The van der Waals surface area contributed by atoms with Crippen molar-refractivity contribution in [1.82, 2.24) is 15.5 Å². The minimum absolute atomic E-state index is 0.211. The molecule has 31 heavy (non-hydrogen) atoms. The van der Waals surface area contributed by atoms with Gasteiger partial charge in [0.2, 0.25) is 11.8 Å². The largest absolute Gasteiger partial charge is 0.444 e. The number of nitrogens with zero attached hydrogens (tertiary/aromatic N) is 1. The second kappa shape index (κ2) is 13.0. The van der Waals surface area contributed by atoms with Gasteiger partial charge in [-0.2, -0.15) is 0 Å². The smallest absolute Gasteiger partial charge is 0.408 e. The Balaban J connectivity index is 3.08. The fraction of sp³-hybridized carbons (Fsp3) is 0.625. The van der Waals surface area contributed by atoms with Crippen molar-refractivity contribution in [1.29, 1.82) is 0 Å². The monoisotopic (exact) mass is 433 g/mol. The fourth-order valence-corrected chi connectivity index (χ4v) is 3.10. The highest BCUT2D eigenvalue weighted by molar-refractivity contribution is 5.90. The van der Waals surface area contributed by atoms with E-state index in [0.29, 0.717) is 19.5 Å². The summed E-state index contributed by atoms with van der Waals surface area (Å²) in [5, 5.41) is 5.47. The highest BCUT2D eigenvalue weighted by atomic mass is 16.6. The zero-order chi connectivity index (χ0) is 23.4. The van der Waals surface area contributed by atoms with Gasteiger partial charge in [-0.3, -0.25) is 9.59 Å². The highest BCUT2D eigenvalue weighted by Crippen LogP contribution is 2.23. The molecule has 1 unspecified atom stereocenters. The highest BCUT2D eigenvalue weighted by Gasteiger charge is 2.31. The van der Waals surface area contributed by atoms with E-state index < -0.39 is 17.7 Å². The molecule has 3 amide bonds. The lowest BCUT2D eigenvalue weighted by molar-refractivity contribution is -0.140. The Hall–Kier alpha value is -2.57. The Kier molecular flexibility index (Phi) is 11.1. The van der Waals surface area contributed by atoms with E-state index >= 15 is 0 Å². The van der Waals surface area contributed by atoms with Crippen molar-refractivity contribution >= 4 is 17.9 Å². The number of unbranched alkanes of at least 4 members (excludes halogenated alkanes) is 1. The van der Waals surface area contributed by atoms with E-state index in [1.165, 1.54) is 0 Å². The van der Waals surface area contributed by atoms with Crippen LogP contribution in [0.5, 0.6) is 0 Å². The summed E-state index contributed by atoms with van der Waals surface area (Å²) in [5.74, 6) is -0.542. The van der Waals surface area contributed by atoms with Crippen LogP contribution in [-0.4, -0.2) is 48.0 Å². The van der Waals surface area contributed by atoms with Gasteiger partial charge in [-0.25, -0.2) is 4.79 Å². The molecule has 0 heterocycles. The number of nitrogens with one attached hydrogen (secondary N) is 2. The molecule has 0 aliphatic heterocycles. The number of hydrogen-bond donors (Lipinski definition) is 2. The Morgan fingerprint density at radius 3 is 2.16 bits per heavy atom. The van der Waals surface area contributed by atoms with E-state index in [9.17, 15) is 14.4 Å². The van der Waals surface area contributed by atoms with Gasteiger partial charge in [0, 0.05) is 13.1 Å². The van der Waals surface area contributed by atoms with Crippen molar-refractivity contribution in [2.75, 3.05) is 19.6 Å². The minimum Gasteiger partial charge on any atom is -0.444 e. The van der Waals surface area contributed by atoms with Crippen molar-refractivity contribution in [3.05, 3.63) is 35.4 Å². The first-order valence-corrected chi connectivity index (χ1v) is 11.3. The van der Waals surface area contributed by atoms with Crippen LogP contribution in [0.3, 0.4) is 0 Å². The second-order valence-electron chi connectivity index (χ2n) is 8.58. The SMILES string of the molecule is CCCCNC(=O)C(c1ccc(CC)cc1)N(CCC)C(=O)CNC(=O)OC(C)(C)C. The number of alkyl carbamates (subject to hydrolysis) is 1. The molecule has 0 fully saturated rings. The molecule has 174 valence electrons. The zero-order valence-corrected chi connectivity index (χ0v) is 19.9. The van der Waals surface area contributed by atoms with E-state index in [1.807, 2.05) is 31.2 Å². The Bertz CT molecular complexity index is 711. The van der Waals surface area contributed by atoms with Crippen LogP contribution in [-0.2, 0) is 20.7 Å². The predicted molar refractivity (Wildman–Crippen MR) is 123 cm³/mol. The van der Waals surface area contributed by atoms with E-state index in [0.717, 1.165) is 30.4 Å². The summed E-state index contributed by atoms with van der Waals surface area (Å²) in [7, 11) is 0. The maximum atomic E-state index is 13.1. The summed E-state index contributed by atoms with van der Waals surface area (Å²) in [6.45, 7) is 12.1. The van der Waals surface area contributed by atoms with E-state index in [1.54, 1.807) is 25.7 Å². The first kappa shape index (κ1) is 26.5. The van der Waals surface area contributed by atoms with Crippen molar-refractivity contribution in [2.24, 2.45) is 0 Å². The van der Waals surface area contributed by atoms with E-state index in [2.05, 4.69) is 24.5 Å². The molecule has 0 aromatic heterocycles. The summed E-state index contributed by atoms with van der Waals surface area (Å²) in [4.78, 5) is 39.7. The third kappa shape index (κ3) is 9.40. The number of ether oxygens (including phenoxy) is 1. The molecule has 7 nitrogen and oxygen atoms in total. The summed E-state index contributed by atoms with van der Waals surface area (Å²) in [6, 6.07) is 7.01. The third-order valence-electron chi connectivity index (χ3n) is 4.66. The average molecular weight is 434 g/mol. The molecule has 1 rings (SSSR count). The summed E-state index contributed by atoms with van der Waals surface area (Å²) in [6.07, 6.45) is 2.76. The Morgan fingerprint density at radius 1 is 1.00 bits per heavy atom. The quantitative estimate of drug-likeness (QED) is 0.517. The van der Waals surface area contributed by atoms with Gasteiger partial charge in [0.15, 0.2) is 0 Å². The molecular weight excluding hydrogens is 394 g/mol. The molecule has 1 aromatic rings. The van der Waals surface area contributed by atoms with Crippen molar-refractivity contribution in [3.8, 4) is 0 Å². The maximum Gasteiger partial charge on any atom is 0.408 e. The van der Waals surface area contributed by atoms with Gasteiger partial charge in [0.05, 0.1) is 0 Å². The van der Waals surface area contributed by atoms with Crippen molar-refractivity contribution < 1.29 is 19.1 Å². The molecule has 1 aromatic carbocycles. The number of rotatable bonds is 11. The van der Waals surface area contributed by atoms with Gasteiger partial charge in [-0.15, -0.1) is 0 Å². The summed E-state index contributed by atoms with van der Waals surface area (Å²) < 4.78 is 5.21. The molecule has 7 heteroatoms. The lowest BCUT2D eigenvalue weighted by Gasteiger charge is -2.31. The van der Waals surface area contributed by atoms with E-state index in [4.69, 9.17) is 4.74 Å². The molecular formula is C24H39N3O4. The molecule has 0 saturated carbocycles. The number of carbonyl (C=O) groups is 3. The standard InChI is InChI=1S/C24H39N3O4/c1-7-10-15-25-22(29)21(19-13-11-18(9-3)12-14-19)27(16-8-2)20(28)17-26-23(30)31-24(4,5)6/h11-14,21H,7-10,15-17H2,1-6H3,(H,25,29)(H,26,30). The number of aryl methyl sites for hydroxylation is 1. The Labute approximate surface area is 186 Å². The molecule has 0 radical (unpaired) electrons. The molecule has 0 aliphatic rings. The van der Waals surface area contributed by atoms with Gasteiger partial charge in [0.25, 0.3) is 0 Å². The molecule has 0 aliphatic carbocycles.